The molecule has 0 saturated carbocycles. The van der Waals surface area contributed by atoms with Crippen molar-refractivity contribution < 1.29 is 9.53 Å². The third-order valence-corrected chi connectivity index (χ3v) is 5.25. The first-order valence-electron chi connectivity index (χ1n) is 11.9. The highest BCUT2D eigenvalue weighted by atomic mass is 16.5. The molecular weight excluding hydrogens is 384 g/mol. The molecule has 2 rings (SSSR count). The number of ether oxygens (including phenoxy) is 1. The van der Waals surface area contributed by atoms with Crippen molar-refractivity contribution in [3.63, 3.8) is 0 Å². The second-order valence-corrected chi connectivity index (χ2v) is 8.07. The fourth-order valence-corrected chi connectivity index (χ4v) is 3.47. The molecule has 0 radical (unpaired) electrons. The number of hydrogen-bond donors (Lipinski definition) is 1. The highest BCUT2D eigenvalue weighted by molar-refractivity contribution is 5.82. The van der Waals surface area contributed by atoms with Gasteiger partial charge in [0.15, 0.2) is 0 Å². The second-order valence-electron chi connectivity index (χ2n) is 8.07. The molecule has 0 saturated heterocycles. The van der Waals surface area contributed by atoms with Gasteiger partial charge in [0.25, 0.3) is 0 Å². The smallest absolute Gasteiger partial charge is 0.240 e. The van der Waals surface area contributed by atoms with Crippen LogP contribution in [-0.4, -0.2) is 12.1 Å². The Morgan fingerprint density at radius 1 is 0.806 bits per heavy atom. The zero-order chi connectivity index (χ0) is 22.0. The summed E-state index contributed by atoms with van der Waals surface area (Å²) in [4.78, 5) is 12.0. The standard InChI is InChI=1S/C27H38N2O2/c1-2-3-4-5-6-7-8-9-10-11-15-21-27(30)29-28-23-24-17-16-20-26(22-24)31-25-18-13-12-14-19-25/h12-14,16-20,22-23H,2-11,15,21H2,1H3,(H,29,30)/b28-23+. The van der Waals surface area contributed by atoms with Crippen molar-refractivity contribution in [3.8, 4) is 11.5 Å². The van der Waals surface area contributed by atoms with E-state index in [9.17, 15) is 4.79 Å². The van der Waals surface area contributed by atoms with Crippen molar-refractivity contribution in [2.45, 2.75) is 84.0 Å². The number of amides is 1. The summed E-state index contributed by atoms with van der Waals surface area (Å²) >= 11 is 0. The summed E-state index contributed by atoms with van der Waals surface area (Å²) < 4.78 is 5.82. The summed E-state index contributed by atoms with van der Waals surface area (Å²) in [5.74, 6) is 1.50. The summed E-state index contributed by atoms with van der Waals surface area (Å²) in [6, 6.07) is 17.3. The molecule has 0 unspecified atom stereocenters. The van der Waals surface area contributed by atoms with Crippen LogP contribution >= 0.6 is 0 Å². The van der Waals surface area contributed by atoms with E-state index in [-0.39, 0.29) is 5.91 Å². The minimum Gasteiger partial charge on any atom is -0.457 e. The molecule has 0 fully saturated rings. The average molecular weight is 423 g/mol. The Bertz CT molecular complexity index is 759. The normalized spacial score (nSPS) is 11.0. The summed E-state index contributed by atoms with van der Waals surface area (Å²) in [5, 5.41) is 4.08. The van der Waals surface area contributed by atoms with E-state index in [1.165, 1.54) is 57.8 Å². The summed E-state index contributed by atoms with van der Waals surface area (Å²) in [7, 11) is 0. The molecule has 0 aliphatic carbocycles. The lowest BCUT2D eigenvalue weighted by Crippen LogP contribution is -2.16. The Kier molecular flexibility index (Phi) is 12.8. The van der Waals surface area contributed by atoms with Gasteiger partial charge in [-0.25, -0.2) is 5.43 Å². The van der Waals surface area contributed by atoms with Crippen LogP contribution in [0.2, 0.25) is 0 Å². The number of carbonyl (C=O) groups excluding carboxylic acids is 1. The molecule has 31 heavy (non-hydrogen) atoms. The fraction of sp³-hybridized carbons (Fsp3) is 0.481. The Labute approximate surface area is 188 Å². The molecule has 0 aliphatic rings. The Balaban J connectivity index is 1.54. The van der Waals surface area contributed by atoms with Gasteiger partial charge in [-0.05, 0) is 36.2 Å². The minimum absolute atomic E-state index is 0.0242. The largest absolute Gasteiger partial charge is 0.457 e. The molecule has 0 heterocycles. The number of benzene rings is 2. The highest BCUT2D eigenvalue weighted by Crippen LogP contribution is 2.21. The van der Waals surface area contributed by atoms with Crippen LogP contribution in [0.1, 0.15) is 89.5 Å². The summed E-state index contributed by atoms with van der Waals surface area (Å²) in [6.45, 7) is 2.26. The van der Waals surface area contributed by atoms with Crippen molar-refractivity contribution in [1.29, 1.82) is 0 Å². The van der Waals surface area contributed by atoms with Crippen molar-refractivity contribution >= 4 is 12.1 Å². The van der Waals surface area contributed by atoms with E-state index >= 15 is 0 Å². The molecule has 1 N–H and O–H groups in total. The number of para-hydroxylation sites is 1. The monoisotopic (exact) mass is 422 g/mol. The van der Waals surface area contributed by atoms with Crippen LogP contribution in [0.3, 0.4) is 0 Å². The van der Waals surface area contributed by atoms with E-state index in [0.717, 1.165) is 29.9 Å². The van der Waals surface area contributed by atoms with Gasteiger partial charge >= 0.3 is 0 Å². The first kappa shape index (κ1) is 24.6. The topological polar surface area (TPSA) is 50.7 Å². The van der Waals surface area contributed by atoms with E-state index < -0.39 is 0 Å². The van der Waals surface area contributed by atoms with Crippen LogP contribution < -0.4 is 10.2 Å². The molecule has 2 aromatic rings. The molecule has 4 nitrogen and oxygen atoms in total. The molecule has 2 aromatic carbocycles. The van der Waals surface area contributed by atoms with Gasteiger partial charge in [-0.15, -0.1) is 0 Å². The minimum atomic E-state index is -0.0242. The second kappa shape index (κ2) is 16.1. The molecular formula is C27H38N2O2. The predicted molar refractivity (Wildman–Crippen MR) is 130 cm³/mol. The predicted octanol–water partition coefficient (Wildman–Crippen LogP) is 7.63. The van der Waals surface area contributed by atoms with Crippen molar-refractivity contribution in [1.82, 2.24) is 5.43 Å². The first-order chi connectivity index (χ1) is 15.3. The molecule has 0 bridgehead atoms. The van der Waals surface area contributed by atoms with E-state index in [4.69, 9.17) is 4.74 Å². The molecule has 4 heteroatoms. The van der Waals surface area contributed by atoms with Crippen LogP contribution in [0.25, 0.3) is 0 Å². The van der Waals surface area contributed by atoms with Gasteiger partial charge in [-0.3, -0.25) is 4.79 Å². The fourth-order valence-electron chi connectivity index (χ4n) is 3.47. The molecule has 1 amide bonds. The van der Waals surface area contributed by atoms with Gasteiger partial charge < -0.3 is 4.74 Å². The maximum absolute atomic E-state index is 12.0. The number of hydrazone groups is 1. The van der Waals surface area contributed by atoms with Gasteiger partial charge in [0.2, 0.25) is 5.91 Å². The van der Waals surface area contributed by atoms with E-state index in [1.807, 2.05) is 54.6 Å². The number of hydrogen-bond acceptors (Lipinski definition) is 3. The van der Waals surface area contributed by atoms with Gasteiger partial charge in [-0.2, -0.15) is 5.10 Å². The summed E-state index contributed by atoms with van der Waals surface area (Å²) in [6.07, 6.45) is 16.3. The summed E-state index contributed by atoms with van der Waals surface area (Å²) in [5.41, 5.74) is 3.50. The Morgan fingerprint density at radius 3 is 2.10 bits per heavy atom. The molecule has 0 spiro atoms. The van der Waals surface area contributed by atoms with Crippen LogP contribution in [0, 0.1) is 0 Å². The maximum atomic E-state index is 12.0. The van der Waals surface area contributed by atoms with Crippen LogP contribution in [0.4, 0.5) is 0 Å². The third-order valence-electron chi connectivity index (χ3n) is 5.25. The zero-order valence-corrected chi connectivity index (χ0v) is 19.0. The van der Waals surface area contributed by atoms with Crippen LogP contribution in [-0.2, 0) is 4.79 Å². The lowest BCUT2D eigenvalue weighted by Gasteiger charge is -2.05. The zero-order valence-electron chi connectivity index (χ0n) is 19.0. The van der Waals surface area contributed by atoms with Gasteiger partial charge in [0.05, 0.1) is 6.21 Å². The molecule has 0 atom stereocenters. The Hall–Kier alpha value is -2.62. The SMILES string of the molecule is CCCCCCCCCCCCCC(=O)N/N=C/c1cccc(Oc2ccccc2)c1. The quantitative estimate of drug-likeness (QED) is 0.172. The maximum Gasteiger partial charge on any atom is 0.240 e. The number of unbranched alkanes of at least 4 members (excludes halogenated alkanes) is 10. The lowest BCUT2D eigenvalue weighted by atomic mass is 10.1. The van der Waals surface area contributed by atoms with Crippen LogP contribution in [0.15, 0.2) is 59.7 Å². The van der Waals surface area contributed by atoms with Crippen molar-refractivity contribution in [3.05, 3.63) is 60.2 Å². The van der Waals surface area contributed by atoms with E-state index in [2.05, 4.69) is 17.5 Å². The van der Waals surface area contributed by atoms with Crippen molar-refractivity contribution in [2.75, 3.05) is 0 Å². The molecule has 168 valence electrons. The van der Waals surface area contributed by atoms with E-state index in [0.29, 0.717) is 6.42 Å². The highest BCUT2D eigenvalue weighted by Gasteiger charge is 2.01. The van der Waals surface area contributed by atoms with Gasteiger partial charge in [0.1, 0.15) is 11.5 Å². The molecule has 0 aromatic heterocycles. The number of rotatable bonds is 16. The van der Waals surface area contributed by atoms with Crippen molar-refractivity contribution in [2.24, 2.45) is 5.10 Å². The number of carbonyl (C=O) groups is 1. The number of nitrogens with one attached hydrogen (secondary N) is 1. The number of nitrogens with zero attached hydrogens (tertiary/aromatic N) is 1. The lowest BCUT2D eigenvalue weighted by molar-refractivity contribution is -0.121. The van der Waals surface area contributed by atoms with E-state index in [1.54, 1.807) is 6.21 Å². The van der Waals surface area contributed by atoms with Gasteiger partial charge in [-0.1, -0.05) is 101 Å². The van der Waals surface area contributed by atoms with Gasteiger partial charge in [0, 0.05) is 6.42 Å². The molecule has 0 aliphatic heterocycles. The third kappa shape index (κ3) is 12.0. The first-order valence-corrected chi connectivity index (χ1v) is 11.9. The van der Waals surface area contributed by atoms with Crippen LogP contribution in [0.5, 0.6) is 11.5 Å². The average Bonchev–Trinajstić information content (AvgIpc) is 2.78. The Morgan fingerprint density at radius 2 is 1.42 bits per heavy atom.